The fraction of sp³-hybridized carbons (Fsp3) is 0.522. The van der Waals surface area contributed by atoms with Gasteiger partial charge in [0.2, 0.25) is 5.91 Å². The number of nitrogens with one attached hydrogen (secondary N) is 1. The van der Waals surface area contributed by atoms with Crippen molar-refractivity contribution in [3.05, 3.63) is 46.0 Å². The first kappa shape index (κ1) is 22.7. The van der Waals surface area contributed by atoms with Crippen molar-refractivity contribution in [2.24, 2.45) is 0 Å². The summed E-state index contributed by atoms with van der Waals surface area (Å²) in [5.41, 5.74) is 2.09. The maximum absolute atomic E-state index is 12.6. The highest BCUT2D eigenvalue weighted by atomic mass is 16.5. The highest BCUT2D eigenvalue weighted by Gasteiger charge is 2.25. The number of aromatic amines is 1. The van der Waals surface area contributed by atoms with Crippen molar-refractivity contribution in [1.82, 2.24) is 20.1 Å². The van der Waals surface area contributed by atoms with Crippen LogP contribution in [0.1, 0.15) is 30.9 Å². The zero-order valence-electron chi connectivity index (χ0n) is 18.9. The van der Waals surface area contributed by atoms with E-state index >= 15 is 0 Å². The third-order valence-corrected chi connectivity index (χ3v) is 6.26. The Morgan fingerprint density at radius 2 is 2.06 bits per heavy atom. The highest BCUT2D eigenvalue weighted by Crippen LogP contribution is 2.25. The first-order valence-electron chi connectivity index (χ1n) is 11.4. The molecule has 4 heterocycles. The fourth-order valence-corrected chi connectivity index (χ4v) is 4.39. The lowest BCUT2D eigenvalue weighted by Gasteiger charge is -2.36. The average molecular weight is 452 g/mol. The fourth-order valence-electron chi connectivity index (χ4n) is 4.39. The average Bonchev–Trinajstić information content (AvgIpc) is 2.86. The van der Waals surface area contributed by atoms with Gasteiger partial charge < -0.3 is 19.4 Å². The number of fused-ring (bicyclic) bond motifs is 1. The number of H-pyrrole nitrogens is 1. The second kappa shape index (κ2) is 10.4. The van der Waals surface area contributed by atoms with Crippen LogP contribution >= 0.6 is 0 Å². The van der Waals surface area contributed by atoms with Crippen molar-refractivity contribution in [2.45, 2.75) is 32.2 Å². The lowest BCUT2D eigenvalue weighted by Crippen LogP contribution is -2.49. The van der Waals surface area contributed by atoms with Crippen molar-refractivity contribution < 1.29 is 9.53 Å². The molecule has 1 atom stereocenters. The number of hydrogen-bond acceptors (Lipinski definition) is 8. The molecular weight excluding hydrogens is 422 g/mol. The number of nitriles is 1. The molecule has 2 aliphatic heterocycles. The molecule has 33 heavy (non-hydrogen) atoms. The van der Waals surface area contributed by atoms with Crippen LogP contribution < -0.4 is 15.4 Å². The van der Waals surface area contributed by atoms with Gasteiger partial charge in [-0.2, -0.15) is 10.4 Å². The Kier molecular flexibility index (Phi) is 7.19. The molecule has 2 aromatic heterocycles. The molecule has 1 amide bonds. The van der Waals surface area contributed by atoms with Crippen molar-refractivity contribution >= 4 is 17.4 Å². The highest BCUT2D eigenvalue weighted by molar-refractivity contribution is 5.76. The van der Waals surface area contributed by atoms with E-state index in [9.17, 15) is 9.59 Å². The van der Waals surface area contributed by atoms with Gasteiger partial charge in [0.25, 0.3) is 5.56 Å². The van der Waals surface area contributed by atoms with Crippen LogP contribution in [0.4, 0.5) is 11.5 Å². The summed E-state index contributed by atoms with van der Waals surface area (Å²) in [4.78, 5) is 35.1. The number of ether oxygens (including phenoxy) is 1. The maximum Gasteiger partial charge on any atom is 0.269 e. The second-order valence-electron chi connectivity index (χ2n) is 8.42. The van der Waals surface area contributed by atoms with Crippen molar-refractivity contribution in [2.75, 3.05) is 55.7 Å². The normalized spacial score (nSPS) is 16.8. The molecule has 0 aliphatic carbocycles. The third kappa shape index (κ3) is 5.31. The van der Waals surface area contributed by atoms with Gasteiger partial charge in [0.15, 0.2) is 0 Å². The Bertz CT molecular complexity index is 1050. The van der Waals surface area contributed by atoms with Crippen LogP contribution in [0, 0.1) is 11.3 Å². The van der Waals surface area contributed by atoms with Gasteiger partial charge in [0, 0.05) is 50.5 Å². The van der Waals surface area contributed by atoms with Gasteiger partial charge in [-0.1, -0.05) is 0 Å². The molecule has 1 unspecified atom stereocenters. The Labute approximate surface area is 192 Å². The van der Waals surface area contributed by atoms with Crippen LogP contribution in [0.15, 0.2) is 29.3 Å². The standard InChI is InChI=1S/C23H29N7O3/c1-17(30-7-2-3-19-20(30)15-26-27-23(19)32)16-33-12-6-22(31)29-10-8-28(9-11-29)21-5-4-18(13-24)14-25-21/h4-5,14-15,17H,2-3,6-12,16H2,1H3,(H,27,32). The Hall–Kier alpha value is -3.45. The topological polar surface area (TPSA) is 118 Å². The molecule has 1 fully saturated rings. The van der Waals surface area contributed by atoms with E-state index in [0.29, 0.717) is 51.4 Å². The van der Waals surface area contributed by atoms with Crippen LogP contribution in [-0.4, -0.2) is 78.0 Å². The summed E-state index contributed by atoms with van der Waals surface area (Å²) >= 11 is 0. The van der Waals surface area contributed by atoms with E-state index in [0.717, 1.165) is 36.5 Å². The summed E-state index contributed by atoms with van der Waals surface area (Å²) in [5, 5.41) is 15.3. The van der Waals surface area contributed by atoms with Gasteiger partial charge in [-0.05, 0) is 31.9 Å². The summed E-state index contributed by atoms with van der Waals surface area (Å²) in [6.45, 7) is 6.49. The van der Waals surface area contributed by atoms with Gasteiger partial charge in [-0.3, -0.25) is 9.59 Å². The number of piperazine rings is 1. The molecule has 0 bridgehead atoms. The smallest absolute Gasteiger partial charge is 0.269 e. The van der Waals surface area contributed by atoms with Gasteiger partial charge in [-0.15, -0.1) is 0 Å². The molecule has 1 saturated heterocycles. The Balaban J connectivity index is 1.19. The Morgan fingerprint density at radius 1 is 1.24 bits per heavy atom. The maximum atomic E-state index is 12.6. The summed E-state index contributed by atoms with van der Waals surface area (Å²) in [6.07, 6.45) is 5.32. The van der Waals surface area contributed by atoms with Crippen LogP contribution in [0.5, 0.6) is 0 Å². The molecule has 1 N–H and O–H groups in total. The number of hydrogen-bond donors (Lipinski definition) is 1. The zero-order chi connectivity index (χ0) is 23.2. The van der Waals surface area contributed by atoms with Crippen molar-refractivity contribution in [3.63, 3.8) is 0 Å². The predicted octanol–water partition coefficient (Wildman–Crippen LogP) is 0.933. The van der Waals surface area contributed by atoms with E-state index in [1.165, 1.54) is 0 Å². The summed E-state index contributed by atoms with van der Waals surface area (Å²) in [7, 11) is 0. The number of aromatic nitrogens is 3. The number of amides is 1. The SMILES string of the molecule is CC(COCCC(=O)N1CCN(c2ccc(C#N)cn2)CC1)N1CCCc2c1cn[nH]c2=O. The summed E-state index contributed by atoms with van der Waals surface area (Å²) in [5.74, 6) is 0.920. The lowest BCUT2D eigenvalue weighted by atomic mass is 10.0. The number of anilines is 2. The molecule has 2 aromatic rings. The number of carbonyl (C=O) groups is 1. The molecule has 10 heteroatoms. The van der Waals surface area contributed by atoms with E-state index < -0.39 is 0 Å². The van der Waals surface area contributed by atoms with E-state index in [-0.39, 0.29) is 17.5 Å². The first-order chi connectivity index (χ1) is 16.1. The van der Waals surface area contributed by atoms with Gasteiger partial charge >= 0.3 is 0 Å². The van der Waals surface area contributed by atoms with Gasteiger partial charge in [0.05, 0.1) is 37.1 Å². The van der Waals surface area contributed by atoms with Crippen LogP contribution in [0.25, 0.3) is 0 Å². The number of pyridine rings is 1. The monoisotopic (exact) mass is 451 g/mol. The molecule has 0 radical (unpaired) electrons. The quantitative estimate of drug-likeness (QED) is 0.618. The van der Waals surface area contributed by atoms with Gasteiger partial charge in [0.1, 0.15) is 11.9 Å². The third-order valence-electron chi connectivity index (χ3n) is 6.26. The number of rotatable bonds is 7. The lowest BCUT2D eigenvalue weighted by molar-refractivity contribution is -0.132. The van der Waals surface area contributed by atoms with E-state index in [1.807, 2.05) is 11.0 Å². The zero-order valence-corrected chi connectivity index (χ0v) is 18.9. The van der Waals surface area contributed by atoms with Crippen LogP contribution in [-0.2, 0) is 16.0 Å². The molecule has 0 aromatic carbocycles. The van der Waals surface area contributed by atoms with E-state index in [2.05, 4.69) is 38.0 Å². The largest absolute Gasteiger partial charge is 0.379 e. The van der Waals surface area contributed by atoms with Gasteiger partial charge in [-0.25, -0.2) is 10.1 Å². The molecule has 174 valence electrons. The summed E-state index contributed by atoms with van der Waals surface area (Å²) < 4.78 is 5.83. The predicted molar refractivity (Wildman–Crippen MR) is 123 cm³/mol. The molecule has 2 aliphatic rings. The van der Waals surface area contributed by atoms with E-state index in [1.54, 1.807) is 18.5 Å². The summed E-state index contributed by atoms with van der Waals surface area (Å²) in [6, 6.07) is 5.76. The van der Waals surface area contributed by atoms with Crippen molar-refractivity contribution in [3.8, 4) is 6.07 Å². The minimum atomic E-state index is -0.119. The second-order valence-corrected chi connectivity index (χ2v) is 8.42. The molecule has 4 rings (SSSR count). The van der Waals surface area contributed by atoms with Crippen molar-refractivity contribution in [1.29, 1.82) is 5.26 Å². The minimum absolute atomic E-state index is 0.0891. The molecule has 0 saturated carbocycles. The Morgan fingerprint density at radius 3 is 2.79 bits per heavy atom. The minimum Gasteiger partial charge on any atom is -0.379 e. The van der Waals surface area contributed by atoms with E-state index in [4.69, 9.17) is 10.00 Å². The first-order valence-corrected chi connectivity index (χ1v) is 11.4. The molecular formula is C23H29N7O3. The number of carbonyl (C=O) groups excluding carboxylic acids is 1. The molecule has 10 nitrogen and oxygen atoms in total. The molecule has 0 spiro atoms. The number of nitrogens with zero attached hydrogens (tertiary/aromatic N) is 6. The van der Waals surface area contributed by atoms with Crippen LogP contribution in [0.3, 0.4) is 0 Å². The van der Waals surface area contributed by atoms with Crippen LogP contribution in [0.2, 0.25) is 0 Å².